The number of anilines is 1. The second-order valence-corrected chi connectivity index (χ2v) is 7.05. The number of aryl methyl sites for hydroxylation is 2. The summed E-state index contributed by atoms with van der Waals surface area (Å²) in [5.41, 5.74) is 5.63. The number of para-hydroxylation sites is 2. The van der Waals surface area contributed by atoms with Crippen molar-refractivity contribution in [2.24, 2.45) is 0 Å². The van der Waals surface area contributed by atoms with Crippen LogP contribution in [0.1, 0.15) is 29.4 Å². The van der Waals surface area contributed by atoms with Crippen LogP contribution in [0.4, 0.5) is 5.69 Å². The van der Waals surface area contributed by atoms with Gasteiger partial charge in [0.25, 0.3) is 5.91 Å². The first-order chi connectivity index (χ1) is 14.4. The van der Waals surface area contributed by atoms with Gasteiger partial charge in [-0.1, -0.05) is 29.8 Å². The molecule has 5 nitrogen and oxygen atoms in total. The minimum absolute atomic E-state index is 0.0328. The number of carbonyl (C=O) groups is 1. The summed E-state index contributed by atoms with van der Waals surface area (Å²) in [6.45, 7) is 8.40. The third-order valence-corrected chi connectivity index (χ3v) is 4.86. The molecule has 1 N–H and O–H groups in total. The Morgan fingerprint density at radius 2 is 1.83 bits per heavy atom. The van der Waals surface area contributed by atoms with E-state index in [9.17, 15) is 10.1 Å². The van der Waals surface area contributed by atoms with Crippen molar-refractivity contribution >= 4 is 17.7 Å². The zero-order valence-electron chi connectivity index (χ0n) is 17.7. The molecular weight excluding hydrogens is 374 g/mol. The zero-order valence-corrected chi connectivity index (χ0v) is 17.7. The molecule has 0 spiro atoms. The van der Waals surface area contributed by atoms with Crippen molar-refractivity contribution in [2.45, 2.75) is 27.7 Å². The largest absolute Gasteiger partial charge is 0.492 e. The number of aromatic nitrogens is 1. The topological polar surface area (TPSA) is 67.0 Å². The van der Waals surface area contributed by atoms with Crippen LogP contribution in [0.25, 0.3) is 11.8 Å². The summed E-state index contributed by atoms with van der Waals surface area (Å²) in [7, 11) is 0. The molecule has 0 aliphatic carbocycles. The van der Waals surface area contributed by atoms with Gasteiger partial charge in [0, 0.05) is 17.1 Å². The molecule has 1 heterocycles. The van der Waals surface area contributed by atoms with E-state index in [4.69, 9.17) is 4.74 Å². The Morgan fingerprint density at radius 3 is 2.50 bits per heavy atom. The number of nitrogens with zero attached hydrogens (tertiary/aromatic N) is 2. The molecule has 152 valence electrons. The summed E-state index contributed by atoms with van der Waals surface area (Å²) in [6, 6.07) is 19.4. The Balaban J connectivity index is 1.92. The molecule has 0 fully saturated rings. The number of carbonyl (C=O) groups excluding carboxylic acids is 1. The Bertz CT molecular complexity index is 1130. The van der Waals surface area contributed by atoms with E-state index in [0.717, 1.165) is 22.6 Å². The highest BCUT2D eigenvalue weighted by atomic mass is 16.5. The van der Waals surface area contributed by atoms with Gasteiger partial charge in [-0.25, -0.2) is 0 Å². The Hall–Kier alpha value is -3.78. The number of hydrogen-bond donors (Lipinski definition) is 1. The van der Waals surface area contributed by atoms with Crippen molar-refractivity contribution in [3.8, 4) is 17.5 Å². The first-order valence-electron chi connectivity index (χ1n) is 9.85. The molecule has 1 aromatic heterocycles. The first-order valence-corrected chi connectivity index (χ1v) is 9.85. The SMILES string of the molecule is CCOc1ccccc1NC(=O)/C(C#N)=C/c1cc(C)n(-c2ccc(C)cc2)c1C. The van der Waals surface area contributed by atoms with Gasteiger partial charge in [0.1, 0.15) is 17.4 Å². The van der Waals surface area contributed by atoms with Crippen LogP contribution in [0, 0.1) is 32.1 Å². The summed E-state index contributed by atoms with van der Waals surface area (Å²) in [6.07, 6.45) is 1.63. The Labute approximate surface area is 177 Å². The minimum Gasteiger partial charge on any atom is -0.492 e. The summed E-state index contributed by atoms with van der Waals surface area (Å²) in [4.78, 5) is 12.8. The lowest BCUT2D eigenvalue weighted by atomic mass is 10.1. The number of rotatable bonds is 6. The standard InChI is InChI=1S/C25H25N3O2/c1-5-30-24-9-7-6-8-23(24)27-25(29)21(16-26)15-20-14-18(3)28(19(20)4)22-12-10-17(2)11-13-22/h6-15H,5H2,1-4H3,(H,27,29)/b21-15+. The van der Waals surface area contributed by atoms with Crippen LogP contribution in [0.15, 0.2) is 60.2 Å². The van der Waals surface area contributed by atoms with Gasteiger partial charge in [-0.2, -0.15) is 5.26 Å². The van der Waals surface area contributed by atoms with Crippen molar-refractivity contribution in [1.82, 2.24) is 4.57 Å². The van der Waals surface area contributed by atoms with Gasteiger partial charge >= 0.3 is 0 Å². The molecule has 1 amide bonds. The van der Waals surface area contributed by atoms with E-state index < -0.39 is 5.91 Å². The molecule has 0 saturated carbocycles. The van der Waals surface area contributed by atoms with Crippen molar-refractivity contribution in [2.75, 3.05) is 11.9 Å². The maximum absolute atomic E-state index is 12.8. The maximum atomic E-state index is 12.8. The first kappa shape index (κ1) is 20.9. The molecule has 0 aliphatic heterocycles. The fourth-order valence-electron chi connectivity index (χ4n) is 3.37. The molecule has 2 aromatic carbocycles. The fraction of sp³-hybridized carbons (Fsp3) is 0.200. The number of benzene rings is 2. The van der Waals surface area contributed by atoms with Crippen molar-refractivity contribution in [1.29, 1.82) is 5.26 Å². The summed E-state index contributed by atoms with van der Waals surface area (Å²) in [5.74, 6) is 0.105. The Kier molecular flexibility index (Phi) is 6.38. The van der Waals surface area contributed by atoms with Crippen LogP contribution >= 0.6 is 0 Å². The fourth-order valence-corrected chi connectivity index (χ4v) is 3.37. The monoisotopic (exact) mass is 399 g/mol. The number of ether oxygens (including phenoxy) is 1. The molecule has 0 aliphatic rings. The molecule has 0 unspecified atom stereocenters. The summed E-state index contributed by atoms with van der Waals surface area (Å²) >= 11 is 0. The van der Waals surface area contributed by atoms with Gasteiger partial charge in [0.05, 0.1) is 12.3 Å². The quantitative estimate of drug-likeness (QED) is 0.449. The van der Waals surface area contributed by atoms with E-state index >= 15 is 0 Å². The lowest BCUT2D eigenvalue weighted by Crippen LogP contribution is -2.14. The second-order valence-electron chi connectivity index (χ2n) is 7.05. The lowest BCUT2D eigenvalue weighted by molar-refractivity contribution is -0.112. The number of hydrogen-bond acceptors (Lipinski definition) is 3. The van der Waals surface area contributed by atoms with Gasteiger partial charge in [-0.3, -0.25) is 4.79 Å². The van der Waals surface area contributed by atoms with E-state index in [1.165, 1.54) is 5.56 Å². The average Bonchev–Trinajstić information content (AvgIpc) is 3.01. The molecule has 0 radical (unpaired) electrons. The molecular formula is C25H25N3O2. The highest BCUT2D eigenvalue weighted by Crippen LogP contribution is 2.26. The van der Waals surface area contributed by atoms with Crippen LogP contribution in [0.3, 0.4) is 0 Å². The predicted molar refractivity (Wildman–Crippen MR) is 120 cm³/mol. The number of nitriles is 1. The molecule has 0 atom stereocenters. The molecule has 30 heavy (non-hydrogen) atoms. The van der Waals surface area contributed by atoms with Crippen molar-refractivity contribution in [3.05, 3.63) is 82.7 Å². The van der Waals surface area contributed by atoms with Crippen LogP contribution in [-0.4, -0.2) is 17.1 Å². The molecule has 0 bridgehead atoms. The summed E-state index contributed by atoms with van der Waals surface area (Å²) in [5, 5.41) is 12.4. The van der Waals surface area contributed by atoms with E-state index in [1.54, 1.807) is 18.2 Å². The minimum atomic E-state index is -0.468. The van der Waals surface area contributed by atoms with Crippen LogP contribution in [0.2, 0.25) is 0 Å². The van der Waals surface area contributed by atoms with E-state index in [2.05, 4.69) is 41.1 Å². The normalized spacial score (nSPS) is 11.1. The van der Waals surface area contributed by atoms with Gasteiger partial charge in [-0.05, 0) is 69.7 Å². The molecule has 0 saturated heterocycles. The highest BCUT2D eigenvalue weighted by molar-refractivity contribution is 6.10. The van der Waals surface area contributed by atoms with Crippen LogP contribution < -0.4 is 10.1 Å². The van der Waals surface area contributed by atoms with Crippen LogP contribution in [-0.2, 0) is 4.79 Å². The van der Waals surface area contributed by atoms with E-state index in [-0.39, 0.29) is 5.57 Å². The van der Waals surface area contributed by atoms with E-state index in [1.807, 2.05) is 45.0 Å². The van der Waals surface area contributed by atoms with Crippen molar-refractivity contribution < 1.29 is 9.53 Å². The van der Waals surface area contributed by atoms with Crippen molar-refractivity contribution in [3.63, 3.8) is 0 Å². The second kappa shape index (κ2) is 9.15. The van der Waals surface area contributed by atoms with Gasteiger partial charge in [0.2, 0.25) is 0 Å². The third-order valence-electron chi connectivity index (χ3n) is 4.86. The number of amides is 1. The zero-order chi connectivity index (χ0) is 21.7. The summed E-state index contributed by atoms with van der Waals surface area (Å²) < 4.78 is 7.66. The predicted octanol–water partition coefficient (Wildman–Crippen LogP) is 5.35. The smallest absolute Gasteiger partial charge is 0.266 e. The molecule has 5 heteroatoms. The number of nitrogens with one attached hydrogen (secondary N) is 1. The van der Waals surface area contributed by atoms with Crippen LogP contribution in [0.5, 0.6) is 5.75 Å². The molecule has 3 aromatic rings. The maximum Gasteiger partial charge on any atom is 0.266 e. The highest BCUT2D eigenvalue weighted by Gasteiger charge is 2.15. The van der Waals surface area contributed by atoms with Gasteiger partial charge < -0.3 is 14.6 Å². The average molecular weight is 399 g/mol. The Morgan fingerprint density at radius 1 is 1.13 bits per heavy atom. The molecule has 3 rings (SSSR count). The van der Waals surface area contributed by atoms with Gasteiger partial charge in [-0.15, -0.1) is 0 Å². The van der Waals surface area contributed by atoms with Gasteiger partial charge in [0.15, 0.2) is 0 Å². The van der Waals surface area contributed by atoms with E-state index in [0.29, 0.717) is 18.0 Å². The third kappa shape index (κ3) is 4.44. The lowest BCUT2D eigenvalue weighted by Gasteiger charge is -2.11.